The molecule has 0 saturated heterocycles. The molecule has 0 aliphatic heterocycles. The molecule has 3 aromatic rings. The fourth-order valence-electron chi connectivity index (χ4n) is 2.40. The SMILES string of the molecule is Fc1ccc(NCc2cc(Br)c(OCc3ccc(Br)cc3)c(Br)c2)cc1Cl. The van der Waals surface area contributed by atoms with Gasteiger partial charge >= 0.3 is 0 Å². The van der Waals surface area contributed by atoms with E-state index in [9.17, 15) is 4.39 Å². The Kier molecular flexibility index (Phi) is 7.20. The van der Waals surface area contributed by atoms with Gasteiger partial charge in [0.05, 0.1) is 14.0 Å². The molecule has 0 heterocycles. The Morgan fingerprint density at radius 3 is 2.19 bits per heavy atom. The van der Waals surface area contributed by atoms with E-state index < -0.39 is 5.82 Å². The lowest BCUT2D eigenvalue weighted by molar-refractivity contribution is 0.302. The molecule has 27 heavy (non-hydrogen) atoms. The third-order valence-electron chi connectivity index (χ3n) is 3.77. The summed E-state index contributed by atoms with van der Waals surface area (Å²) in [5.74, 6) is 0.312. The largest absolute Gasteiger partial charge is 0.487 e. The predicted molar refractivity (Wildman–Crippen MR) is 119 cm³/mol. The molecule has 3 rings (SSSR count). The number of ether oxygens (including phenoxy) is 1. The van der Waals surface area contributed by atoms with E-state index >= 15 is 0 Å². The Bertz CT molecular complexity index is 927. The monoisotopic (exact) mass is 575 g/mol. The van der Waals surface area contributed by atoms with Crippen molar-refractivity contribution in [1.82, 2.24) is 0 Å². The first-order chi connectivity index (χ1) is 12.9. The van der Waals surface area contributed by atoms with Crippen molar-refractivity contribution in [3.05, 3.63) is 90.0 Å². The van der Waals surface area contributed by atoms with Gasteiger partial charge in [0.15, 0.2) is 0 Å². The standard InChI is InChI=1S/C20H14Br3ClFNO/c21-14-3-1-12(2-4-14)11-27-20-16(22)7-13(8-17(20)23)10-26-15-5-6-19(25)18(24)9-15/h1-9,26H,10-11H2. The topological polar surface area (TPSA) is 21.3 Å². The van der Waals surface area contributed by atoms with Gasteiger partial charge in [0, 0.05) is 16.7 Å². The first kappa shape index (κ1) is 20.6. The van der Waals surface area contributed by atoms with Crippen LogP contribution in [0, 0.1) is 5.82 Å². The van der Waals surface area contributed by atoms with Crippen molar-refractivity contribution in [2.75, 3.05) is 5.32 Å². The van der Waals surface area contributed by atoms with E-state index in [2.05, 4.69) is 53.1 Å². The van der Waals surface area contributed by atoms with Gasteiger partial charge in [-0.05, 0) is 85.5 Å². The Morgan fingerprint density at radius 2 is 1.56 bits per heavy atom. The highest BCUT2D eigenvalue weighted by atomic mass is 79.9. The number of halogens is 5. The van der Waals surface area contributed by atoms with Gasteiger partial charge in [-0.15, -0.1) is 0 Å². The Morgan fingerprint density at radius 1 is 0.889 bits per heavy atom. The van der Waals surface area contributed by atoms with Crippen molar-refractivity contribution < 1.29 is 9.13 Å². The third-order valence-corrected chi connectivity index (χ3v) is 5.77. The number of benzene rings is 3. The van der Waals surface area contributed by atoms with Gasteiger partial charge < -0.3 is 10.1 Å². The summed E-state index contributed by atoms with van der Waals surface area (Å²) in [5.41, 5.74) is 2.87. The zero-order valence-corrected chi connectivity index (χ0v) is 19.4. The normalized spacial score (nSPS) is 10.7. The van der Waals surface area contributed by atoms with Gasteiger partial charge in [-0.1, -0.05) is 39.7 Å². The van der Waals surface area contributed by atoms with Crippen LogP contribution in [-0.2, 0) is 13.2 Å². The zero-order chi connectivity index (χ0) is 19.4. The van der Waals surface area contributed by atoms with Crippen LogP contribution in [0.5, 0.6) is 5.75 Å². The molecule has 0 aromatic heterocycles. The van der Waals surface area contributed by atoms with Crippen LogP contribution in [0.2, 0.25) is 5.02 Å². The quantitative estimate of drug-likeness (QED) is 0.321. The molecule has 0 atom stereocenters. The molecule has 0 saturated carbocycles. The molecule has 0 radical (unpaired) electrons. The van der Waals surface area contributed by atoms with Crippen LogP contribution in [0.3, 0.4) is 0 Å². The number of nitrogens with one attached hydrogen (secondary N) is 1. The molecule has 1 N–H and O–H groups in total. The van der Waals surface area contributed by atoms with Crippen LogP contribution < -0.4 is 10.1 Å². The molecule has 0 unspecified atom stereocenters. The molecule has 3 aromatic carbocycles. The average Bonchev–Trinajstić information content (AvgIpc) is 2.63. The van der Waals surface area contributed by atoms with Gasteiger partial charge in [0.1, 0.15) is 18.2 Å². The first-order valence-electron chi connectivity index (χ1n) is 7.96. The maximum Gasteiger partial charge on any atom is 0.148 e. The average molecular weight is 579 g/mol. The fourth-order valence-corrected chi connectivity index (χ4v) is 4.35. The lowest BCUT2D eigenvalue weighted by atomic mass is 10.2. The van der Waals surface area contributed by atoms with E-state index in [1.807, 2.05) is 36.4 Å². The number of hydrogen-bond acceptors (Lipinski definition) is 2. The van der Waals surface area contributed by atoms with Crippen molar-refractivity contribution >= 4 is 65.1 Å². The molecule has 0 aliphatic rings. The lowest BCUT2D eigenvalue weighted by Gasteiger charge is -2.13. The number of hydrogen-bond donors (Lipinski definition) is 1. The van der Waals surface area contributed by atoms with Gasteiger partial charge in [-0.3, -0.25) is 0 Å². The molecular weight excluding hydrogens is 564 g/mol. The summed E-state index contributed by atoms with van der Waals surface area (Å²) in [6, 6.07) is 16.5. The van der Waals surface area contributed by atoms with E-state index in [1.54, 1.807) is 12.1 Å². The second-order valence-corrected chi connectivity index (χ2v) is 8.82. The second-order valence-electron chi connectivity index (χ2n) is 5.79. The Balaban J connectivity index is 1.66. The van der Waals surface area contributed by atoms with Crippen LogP contribution >= 0.6 is 59.4 Å². The van der Waals surface area contributed by atoms with E-state index in [0.29, 0.717) is 13.2 Å². The Hall–Kier alpha value is -1.08. The van der Waals surface area contributed by atoms with Crippen molar-refractivity contribution in [2.45, 2.75) is 13.2 Å². The maximum atomic E-state index is 13.2. The summed E-state index contributed by atoms with van der Waals surface area (Å²) in [6.45, 7) is 1.03. The fraction of sp³-hybridized carbons (Fsp3) is 0.100. The third kappa shape index (κ3) is 5.70. The summed E-state index contributed by atoms with van der Waals surface area (Å²) < 4.78 is 21.9. The predicted octanol–water partition coefficient (Wildman–Crippen LogP) is 7.96. The van der Waals surface area contributed by atoms with Crippen LogP contribution in [-0.4, -0.2) is 0 Å². The van der Waals surface area contributed by atoms with E-state index in [0.717, 1.165) is 36.0 Å². The molecule has 0 amide bonds. The Labute approximate surface area is 187 Å². The highest BCUT2D eigenvalue weighted by Crippen LogP contribution is 2.35. The molecule has 7 heteroatoms. The van der Waals surface area contributed by atoms with Crippen molar-refractivity contribution in [3.8, 4) is 5.75 Å². The van der Waals surface area contributed by atoms with Crippen LogP contribution in [0.1, 0.15) is 11.1 Å². The second kappa shape index (κ2) is 9.41. The minimum Gasteiger partial charge on any atom is -0.487 e. The number of rotatable bonds is 6. The highest BCUT2D eigenvalue weighted by molar-refractivity contribution is 9.11. The van der Waals surface area contributed by atoms with Crippen LogP contribution in [0.15, 0.2) is 68.0 Å². The minimum atomic E-state index is -0.431. The van der Waals surface area contributed by atoms with Crippen molar-refractivity contribution in [1.29, 1.82) is 0 Å². The molecule has 0 fully saturated rings. The summed E-state index contributed by atoms with van der Waals surface area (Å²) >= 11 is 16.4. The van der Waals surface area contributed by atoms with Crippen LogP contribution in [0.25, 0.3) is 0 Å². The molecule has 2 nitrogen and oxygen atoms in total. The van der Waals surface area contributed by atoms with E-state index in [4.69, 9.17) is 16.3 Å². The molecule has 0 spiro atoms. The van der Waals surface area contributed by atoms with Crippen molar-refractivity contribution in [2.24, 2.45) is 0 Å². The summed E-state index contributed by atoms with van der Waals surface area (Å²) in [6.07, 6.45) is 0. The van der Waals surface area contributed by atoms with Gasteiger partial charge in [0.25, 0.3) is 0 Å². The highest BCUT2D eigenvalue weighted by Gasteiger charge is 2.10. The van der Waals surface area contributed by atoms with Gasteiger partial charge in [-0.25, -0.2) is 4.39 Å². The molecule has 0 aliphatic carbocycles. The van der Waals surface area contributed by atoms with Crippen molar-refractivity contribution in [3.63, 3.8) is 0 Å². The lowest BCUT2D eigenvalue weighted by Crippen LogP contribution is -2.02. The number of anilines is 1. The summed E-state index contributed by atoms with van der Waals surface area (Å²) in [4.78, 5) is 0. The summed E-state index contributed by atoms with van der Waals surface area (Å²) in [7, 11) is 0. The molecule has 140 valence electrons. The van der Waals surface area contributed by atoms with E-state index in [-0.39, 0.29) is 5.02 Å². The smallest absolute Gasteiger partial charge is 0.148 e. The maximum absolute atomic E-state index is 13.2. The first-order valence-corrected chi connectivity index (χ1v) is 10.7. The molecule has 0 bridgehead atoms. The van der Waals surface area contributed by atoms with Gasteiger partial charge in [0.2, 0.25) is 0 Å². The van der Waals surface area contributed by atoms with E-state index in [1.165, 1.54) is 6.07 Å². The summed E-state index contributed by atoms with van der Waals surface area (Å²) in [5, 5.41) is 3.32. The molecular formula is C20H14Br3ClFNO. The van der Waals surface area contributed by atoms with Gasteiger partial charge in [-0.2, -0.15) is 0 Å². The zero-order valence-electron chi connectivity index (χ0n) is 13.9. The van der Waals surface area contributed by atoms with Crippen LogP contribution in [0.4, 0.5) is 10.1 Å². The minimum absolute atomic E-state index is 0.0963.